The average Bonchev–Trinajstić information content (AvgIpc) is 2.85. The van der Waals surface area contributed by atoms with Crippen LogP contribution in [0.1, 0.15) is 6.42 Å². The van der Waals surface area contributed by atoms with Gasteiger partial charge < -0.3 is 4.57 Å². The summed E-state index contributed by atoms with van der Waals surface area (Å²) in [4.78, 5) is 0. The Bertz CT molecular complexity index is 733. The van der Waals surface area contributed by atoms with Gasteiger partial charge in [-0.05, 0) is 11.6 Å². The van der Waals surface area contributed by atoms with Crippen molar-refractivity contribution in [2.75, 3.05) is 0 Å². The number of nitrogens with zero attached hydrogens (tertiary/aromatic N) is 2. The summed E-state index contributed by atoms with van der Waals surface area (Å²) < 4.78 is 2.17. The smallest absolute Gasteiger partial charge is 0.0640 e. The largest absolute Gasteiger partial charge is 0.346 e. The van der Waals surface area contributed by atoms with Gasteiger partial charge in [0.2, 0.25) is 0 Å². The Morgan fingerprint density at radius 2 is 1.68 bits per heavy atom. The molecule has 3 aromatic rings. The number of hydrogen-bond donors (Lipinski definition) is 0. The summed E-state index contributed by atoms with van der Waals surface area (Å²) in [5.41, 5.74) is 3.64. The van der Waals surface area contributed by atoms with Gasteiger partial charge in [-0.2, -0.15) is 5.26 Å². The Kier molecular flexibility index (Phi) is 3.04. The topological polar surface area (TPSA) is 28.7 Å². The van der Waals surface area contributed by atoms with Crippen molar-refractivity contribution < 1.29 is 0 Å². The molecule has 0 saturated carbocycles. The van der Waals surface area contributed by atoms with Gasteiger partial charge in [0.25, 0.3) is 0 Å². The molecule has 1 heterocycles. The molecule has 2 heteroatoms. The molecule has 0 unspecified atom stereocenters. The van der Waals surface area contributed by atoms with E-state index < -0.39 is 0 Å². The minimum atomic E-state index is 0.535. The first-order valence-electron chi connectivity index (χ1n) is 6.40. The normalized spacial score (nSPS) is 10.5. The summed E-state index contributed by atoms with van der Waals surface area (Å²) in [6, 6.07) is 20.9. The van der Waals surface area contributed by atoms with Crippen LogP contribution in [0.2, 0.25) is 0 Å². The van der Waals surface area contributed by atoms with Crippen LogP contribution < -0.4 is 0 Å². The first kappa shape index (κ1) is 11.6. The molecule has 19 heavy (non-hydrogen) atoms. The van der Waals surface area contributed by atoms with Crippen LogP contribution in [0.4, 0.5) is 0 Å². The number of aryl methyl sites for hydroxylation is 1. The minimum Gasteiger partial charge on any atom is -0.346 e. The molecular weight excluding hydrogens is 232 g/mol. The maximum absolute atomic E-state index is 8.76. The Morgan fingerprint density at radius 3 is 2.47 bits per heavy atom. The molecule has 0 bridgehead atoms. The van der Waals surface area contributed by atoms with Crippen molar-refractivity contribution in [2.24, 2.45) is 0 Å². The van der Waals surface area contributed by atoms with Crippen molar-refractivity contribution in [3.05, 3.63) is 60.8 Å². The van der Waals surface area contributed by atoms with Gasteiger partial charge in [0.1, 0.15) is 0 Å². The van der Waals surface area contributed by atoms with Gasteiger partial charge in [-0.15, -0.1) is 0 Å². The molecule has 0 N–H and O–H groups in total. The molecule has 0 fully saturated rings. The van der Waals surface area contributed by atoms with Crippen LogP contribution in [-0.4, -0.2) is 4.57 Å². The molecule has 0 radical (unpaired) electrons. The predicted molar refractivity (Wildman–Crippen MR) is 77.6 cm³/mol. The highest BCUT2D eigenvalue weighted by Gasteiger charge is 2.08. The van der Waals surface area contributed by atoms with Gasteiger partial charge >= 0.3 is 0 Å². The van der Waals surface area contributed by atoms with Gasteiger partial charge in [-0.3, -0.25) is 0 Å². The predicted octanol–water partition coefficient (Wildman–Crippen LogP) is 4.22. The lowest BCUT2D eigenvalue weighted by atomic mass is 10.1. The van der Waals surface area contributed by atoms with E-state index in [-0.39, 0.29) is 0 Å². The number of aromatic nitrogens is 1. The first-order valence-corrected chi connectivity index (χ1v) is 6.40. The van der Waals surface area contributed by atoms with E-state index in [0.29, 0.717) is 6.42 Å². The van der Waals surface area contributed by atoms with E-state index in [2.05, 4.69) is 59.3 Å². The number of benzene rings is 2. The number of nitriles is 1. The van der Waals surface area contributed by atoms with Gasteiger partial charge in [0.05, 0.1) is 12.5 Å². The average molecular weight is 246 g/mol. The highest BCUT2D eigenvalue weighted by Crippen LogP contribution is 2.30. The van der Waals surface area contributed by atoms with Crippen LogP contribution in [0.5, 0.6) is 0 Å². The van der Waals surface area contributed by atoms with E-state index in [1.54, 1.807) is 0 Å². The van der Waals surface area contributed by atoms with Crippen molar-refractivity contribution in [1.29, 1.82) is 5.26 Å². The Hall–Kier alpha value is -2.53. The van der Waals surface area contributed by atoms with E-state index in [1.807, 2.05) is 12.1 Å². The van der Waals surface area contributed by atoms with Crippen LogP contribution >= 0.6 is 0 Å². The summed E-state index contributed by atoms with van der Waals surface area (Å²) in [6.45, 7) is 0.740. The number of rotatable bonds is 3. The zero-order valence-corrected chi connectivity index (χ0v) is 10.6. The summed E-state index contributed by atoms with van der Waals surface area (Å²) in [6.07, 6.45) is 2.68. The molecule has 2 aromatic carbocycles. The van der Waals surface area contributed by atoms with E-state index in [9.17, 15) is 0 Å². The maximum Gasteiger partial charge on any atom is 0.0640 e. The zero-order valence-electron chi connectivity index (χ0n) is 10.6. The van der Waals surface area contributed by atoms with Gasteiger partial charge in [-0.25, -0.2) is 0 Å². The van der Waals surface area contributed by atoms with Gasteiger partial charge in [-0.1, -0.05) is 48.5 Å². The fraction of sp³-hybridized carbons (Fsp3) is 0.118. The third kappa shape index (κ3) is 2.11. The lowest BCUT2D eigenvalue weighted by molar-refractivity contribution is 0.745. The third-order valence-corrected chi connectivity index (χ3v) is 3.34. The quantitative estimate of drug-likeness (QED) is 0.680. The molecule has 2 nitrogen and oxygen atoms in total. The molecule has 0 saturated heterocycles. The molecule has 0 aliphatic carbocycles. The lowest BCUT2D eigenvalue weighted by Gasteiger charge is -2.00. The molecule has 0 aliphatic heterocycles. The summed E-state index contributed by atoms with van der Waals surface area (Å²) in [5.74, 6) is 0. The molecule has 0 spiro atoms. The van der Waals surface area contributed by atoms with E-state index in [0.717, 1.165) is 6.54 Å². The third-order valence-electron chi connectivity index (χ3n) is 3.34. The number of para-hydroxylation sites is 1. The lowest BCUT2D eigenvalue weighted by Crippen LogP contribution is -1.93. The first-order chi connectivity index (χ1) is 9.40. The second-order valence-electron chi connectivity index (χ2n) is 4.53. The second-order valence-corrected chi connectivity index (χ2v) is 4.53. The standard InChI is InChI=1S/C17H14N2/c18-11-6-12-19-13-16(14-7-2-1-3-8-14)15-9-4-5-10-17(15)19/h1-5,7-10,13H,6,12H2. The van der Waals surface area contributed by atoms with Crippen molar-refractivity contribution >= 4 is 10.9 Å². The van der Waals surface area contributed by atoms with Crippen molar-refractivity contribution in [3.8, 4) is 17.2 Å². The Balaban J connectivity index is 2.18. The van der Waals surface area contributed by atoms with Crippen LogP contribution in [0, 0.1) is 11.3 Å². The van der Waals surface area contributed by atoms with Crippen LogP contribution in [0.25, 0.3) is 22.0 Å². The van der Waals surface area contributed by atoms with Crippen molar-refractivity contribution in [3.63, 3.8) is 0 Å². The highest BCUT2D eigenvalue weighted by atomic mass is 15.0. The number of hydrogen-bond acceptors (Lipinski definition) is 1. The second kappa shape index (κ2) is 4.99. The van der Waals surface area contributed by atoms with Crippen LogP contribution in [0.15, 0.2) is 60.8 Å². The minimum absolute atomic E-state index is 0.535. The Labute approximate surface area is 112 Å². The van der Waals surface area contributed by atoms with E-state index in [1.165, 1.54) is 22.0 Å². The summed E-state index contributed by atoms with van der Waals surface area (Å²) in [5, 5.41) is 10.0. The van der Waals surface area contributed by atoms with Crippen LogP contribution in [-0.2, 0) is 6.54 Å². The summed E-state index contributed by atoms with van der Waals surface area (Å²) in [7, 11) is 0. The van der Waals surface area contributed by atoms with Crippen LogP contribution in [0.3, 0.4) is 0 Å². The fourth-order valence-corrected chi connectivity index (χ4v) is 2.45. The van der Waals surface area contributed by atoms with Gasteiger partial charge in [0.15, 0.2) is 0 Å². The molecule has 0 aliphatic rings. The zero-order chi connectivity index (χ0) is 13.1. The molecule has 0 amide bonds. The highest BCUT2D eigenvalue weighted by molar-refractivity contribution is 5.96. The molecule has 92 valence electrons. The molecule has 1 aromatic heterocycles. The van der Waals surface area contributed by atoms with E-state index in [4.69, 9.17) is 5.26 Å². The van der Waals surface area contributed by atoms with Crippen molar-refractivity contribution in [1.82, 2.24) is 4.57 Å². The maximum atomic E-state index is 8.76. The fourth-order valence-electron chi connectivity index (χ4n) is 2.45. The molecular formula is C17H14N2. The number of fused-ring (bicyclic) bond motifs is 1. The molecule has 0 atom stereocenters. The van der Waals surface area contributed by atoms with E-state index >= 15 is 0 Å². The Morgan fingerprint density at radius 1 is 0.947 bits per heavy atom. The monoisotopic (exact) mass is 246 g/mol. The molecule has 3 rings (SSSR count). The summed E-state index contributed by atoms with van der Waals surface area (Å²) >= 11 is 0. The van der Waals surface area contributed by atoms with Crippen molar-refractivity contribution in [2.45, 2.75) is 13.0 Å². The SMILES string of the molecule is N#CCCn1cc(-c2ccccc2)c2ccccc21. The van der Waals surface area contributed by atoms with Gasteiger partial charge in [0, 0.05) is 29.2 Å².